The molecule has 1 aliphatic heterocycles. The standard InChI is InChI=1S/C11H15NO2/c12-9-3-1-4-10(7-9)14-8-11-5-2-6-13-11/h1,3-4,7,11H,2,5-6,8,12H2. The van der Waals surface area contributed by atoms with Crippen molar-refractivity contribution in [2.24, 2.45) is 0 Å². The summed E-state index contributed by atoms with van der Waals surface area (Å²) in [5, 5.41) is 0. The average Bonchev–Trinajstić information content (AvgIpc) is 2.67. The highest BCUT2D eigenvalue weighted by Gasteiger charge is 2.15. The second kappa shape index (κ2) is 4.33. The lowest BCUT2D eigenvalue weighted by Gasteiger charge is -2.11. The van der Waals surface area contributed by atoms with Gasteiger partial charge in [0, 0.05) is 18.4 Å². The van der Waals surface area contributed by atoms with Crippen molar-refractivity contribution < 1.29 is 9.47 Å². The number of benzene rings is 1. The molecule has 2 N–H and O–H groups in total. The summed E-state index contributed by atoms with van der Waals surface area (Å²) in [5.41, 5.74) is 6.36. The fourth-order valence-electron chi connectivity index (χ4n) is 1.57. The fourth-order valence-corrected chi connectivity index (χ4v) is 1.57. The minimum absolute atomic E-state index is 0.261. The lowest BCUT2D eigenvalue weighted by atomic mass is 10.2. The number of hydrogen-bond acceptors (Lipinski definition) is 3. The molecule has 0 bridgehead atoms. The van der Waals surface area contributed by atoms with Gasteiger partial charge in [-0.15, -0.1) is 0 Å². The van der Waals surface area contributed by atoms with Gasteiger partial charge in [0.25, 0.3) is 0 Å². The molecule has 3 heteroatoms. The fraction of sp³-hybridized carbons (Fsp3) is 0.455. The number of nitrogen functional groups attached to an aromatic ring is 1. The lowest BCUT2D eigenvalue weighted by Crippen LogP contribution is -2.16. The first-order valence-electron chi connectivity index (χ1n) is 4.94. The van der Waals surface area contributed by atoms with Crippen LogP contribution in [0.1, 0.15) is 12.8 Å². The predicted octanol–water partition coefficient (Wildman–Crippen LogP) is 1.83. The van der Waals surface area contributed by atoms with Crippen LogP contribution in [-0.4, -0.2) is 19.3 Å². The van der Waals surface area contributed by atoms with Crippen LogP contribution in [-0.2, 0) is 4.74 Å². The van der Waals surface area contributed by atoms with Crippen LogP contribution in [0, 0.1) is 0 Å². The molecular formula is C11H15NO2. The highest BCUT2D eigenvalue weighted by molar-refractivity contribution is 5.43. The molecule has 0 amide bonds. The topological polar surface area (TPSA) is 44.5 Å². The maximum atomic E-state index is 5.63. The maximum absolute atomic E-state index is 5.63. The van der Waals surface area contributed by atoms with E-state index in [0.717, 1.165) is 30.9 Å². The smallest absolute Gasteiger partial charge is 0.121 e. The molecule has 0 saturated carbocycles. The first-order valence-corrected chi connectivity index (χ1v) is 4.94. The monoisotopic (exact) mass is 193 g/mol. The Hall–Kier alpha value is -1.22. The van der Waals surface area contributed by atoms with Gasteiger partial charge in [-0.1, -0.05) is 6.07 Å². The Kier molecular flexibility index (Phi) is 2.89. The third-order valence-electron chi connectivity index (χ3n) is 2.32. The normalized spacial score (nSPS) is 21.0. The quantitative estimate of drug-likeness (QED) is 0.745. The van der Waals surface area contributed by atoms with E-state index in [2.05, 4.69) is 0 Å². The van der Waals surface area contributed by atoms with E-state index < -0.39 is 0 Å². The Morgan fingerprint density at radius 3 is 3.14 bits per heavy atom. The molecule has 2 rings (SSSR count). The zero-order valence-corrected chi connectivity index (χ0v) is 8.11. The second-order valence-corrected chi connectivity index (χ2v) is 3.52. The van der Waals surface area contributed by atoms with Crippen molar-refractivity contribution in [3.05, 3.63) is 24.3 Å². The van der Waals surface area contributed by atoms with E-state index in [9.17, 15) is 0 Å². The van der Waals surface area contributed by atoms with Gasteiger partial charge in [-0.25, -0.2) is 0 Å². The summed E-state index contributed by atoms with van der Waals surface area (Å²) in [5.74, 6) is 0.820. The summed E-state index contributed by atoms with van der Waals surface area (Å²) in [7, 11) is 0. The maximum Gasteiger partial charge on any atom is 0.121 e. The van der Waals surface area contributed by atoms with E-state index in [0.29, 0.717) is 6.61 Å². The van der Waals surface area contributed by atoms with Crippen LogP contribution in [0.4, 0.5) is 5.69 Å². The summed E-state index contributed by atoms with van der Waals surface area (Å²) < 4.78 is 11.0. The van der Waals surface area contributed by atoms with Crippen molar-refractivity contribution in [3.8, 4) is 5.75 Å². The molecule has 14 heavy (non-hydrogen) atoms. The Morgan fingerprint density at radius 1 is 1.50 bits per heavy atom. The third-order valence-corrected chi connectivity index (χ3v) is 2.32. The van der Waals surface area contributed by atoms with Gasteiger partial charge in [0.05, 0.1) is 6.10 Å². The van der Waals surface area contributed by atoms with E-state index in [1.165, 1.54) is 0 Å². The minimum atomic E-state index is 0.261. The van der Waals surface area contributed by atoms with Crippen LogP contribution in [0.3, 0.4) is 0 Å². The summed E-state index contributed by atoms with van der Waals surface area (Å²) in [6.07, 6.45) is 2.50. The molecule has 3 nitrogen and oxygen atoms in total. The Morgan fingerprint density at radius 2 is 2.43 bits per heavy atom. The second-order valence-electron chi connectivity index (χ2n) is 3.52. The minimum Gasteiger partial charge on any atom is -0.491 e. The van der Waals surface area contributed by atoms with Gasteiger partial charge in [-0.3, -0.25) is 0 Å². The van der Waals surface area contributed by atoms with E-state index in [4.69, 9.17) is 15.2 Å². The molecule has 76 valence electrons. The summed E-state index contributed by atoms with van der Waals surface area (Å²) in [6, 6.07) is 7.47. The van der Waals surface area contributed by atoms with Gasteiger partial charge < -0.3 is 15.2 Å². The van der Waals surface area contributed by atoms with Crippen LogP contribution in [0.15, 0.2) is 24.3 Å². The lowest BCUT2D eigenvalue weighted by molar-refractivity contribution is 0.0680. The summed E-state index contributed by atoms with van der Waals surface area (Å²) in [4.78, 5) is 0. The molecule has 1 aromatic rings. The molecule has 1 saturated heterocycles. The van der Waals surface area contributed by atoms with Crippen molar-refractivity contribution >= 4 is 5.69 Å². The van der Waals surface area contributed by atoms with Crippen LogP contribution >= 0.6 is 0 Å². The zero-order valence-electron chi connectivity index (χ0n) is 8.11. The number of ether oxygens (including phenoxy) is 2. The highest BCUT2D eigenvalue weighted by Crippen LogP contribution is 2.17. The summed E-state index contributed by atoms with van der Waals surface area (Å²) >= 11 is 0. The number of nitrogens with two attached hydrogens (primary N) is 1. The third kappa shape index (κ3) is 2.39. The van der Waals surface area contributed by atoms with Gasteiger partial charge in [0.2, 0.25) is 0 Å². The van der Waals surface area contributed by atoms with Crippen molar-refractivity contribution in [2.75, 3.05) is 18.9 Å². The van der Waals surface area contributed by atoms with E-state index in [1.54, 1.807) is 0 Å². The first kappa shape index (κ1) is 9.34. The zero-order chi connectivity index (χ0) is 9.80. The van der Waals surface area contributed by atoms with Crippen LogP contribution in [0.2, 0.25) is 0 Å². The van der Waals surface area contributed by atoms with E-state index in [1.807, 2.05) is 24.3 Å². The Labute approximate surface area is 83.8 Å². The number of anilines is 1. The van der Waals surface area contributed by atoms with Gasteiger partial charge in [-0.2, -0.15) is 0 Å². The molecule has 1 atom stereocenters. The average molecular weight is 193 g/mol. The molecule has 0 aromatic heterocycles. The largest absolute Gasteiger partial charge is 0.491 e. The van der Waals surface area contributed by atoms with Crippen molar-refractivity contribution in [1.82, 2.24) is 0 Å². The molecule has 0 aliphatic carbocycles. The molecule has 1 fully saturated rings. The molecule has 0 spiro atoms. The molecule has 1 heterocycles. The molecule has 1 unspecified atom stereocenters. The van der Waals surface area contributed by atoms with Crippen molar-refractivity contribution in [1.29, 1.82) is 0 Å². The molecule has 0 radical (unpaired) electrons. The summed E-state index contributed by atoms with van der Waals surface area (Å²) in [6.45, 7) is 1.49. The van der Waals surface area contributed by atoms with Crippen molar-refractivity contribution in [3.63, 3.8) is 0 Å². The number of rotatable bonds is 3. The van der Waals surface area contributed by atoms with Crippen LogP contribution in [0.25, 0.3) is 0 Å². The molecular weight excluding hydrogens is 178 g/mol. The SMILES string of the molecule is Nc1cccc(OCC2CCCO2)c1. The molecule has 1 aliphatic rings. The molecule has 1 aromatic carbocycles. The highest BCUT2D eigenvalue weighted by atomic mass is 16.5. The van der Waals surface area contributed by atoms with Crippen LogP contribution < -0.4 is 10.5 Å². The van der Waals surface area contributed by atoms with Crippen molar-refractivity contribution in [2.45, 2.75) is 18.9 Å². The Bertz CT molecular complexity index is 295. The predicted molar refractivity (Wildman–Crippen MR) is 55.3 cm³/mol. The first-order chi connectivity index (χ1) is 6.84. The Balaban J connectivity index is 1.85. The van der Waals surface area contributed by atoms with Crippen LogP contribution in [0.5, 0.6) is 5.75 Å². The van der Waals surface area contributed by atoms with Gasteiger partial charge >= 0.3 is 0 Å². The van der Waals surface area contributed by atoms with Gasteiger partial charge in [-0.05, 0) is 25.0 Å². The van der Waals surface area contributed by atoms with E-state index in [-0.39, 0.29) is 6.10 Å². The van der Waals surface area contributed by atoms with E-state index >= 15 is 0 Å². The van der Waals surface area contributed by atoms with Gasteiger partial charge in [0.1, 0.15) is 12.4 Å². The number of hydrogen-bond donors (Lipinski definition) is 1. The van der Waals surface area contributed by atoms with Gasteiger partial charge in [0.15, 0.2) is 0 Å².